The average Bonchev–Trinajstić information content (AvgIpc) is 3.16. The number of hydrogen-bond acceptors (Lipinski definition) is 7. The molecule has 0 saturated heterocycles. The van der Waals surface area contributed by atoms with Crippen molar-refractivity contribution in [2.24, 2.45) is 0 Å². The number of carboxylic acids is 1. The fourth-order valence-electron chi connectivity index (χ4n) is 2.49. The first kappa shape index (κ1) is 24.8. The predicted molar refractivity (Wildman–Crippen MR) is 128 cm³/mol. The van der Waals surface area contributed by atoms with Crippen molar-refractivity contribution in [3.63, 3.8) is 0 Å². The van der Waals surface area contributed by atoms with E-state index in [1.54, 1.807) is 32.3 Å². The third-order valence-corrected chi connectivity index (χ3v) is 6.52. The van der Waals surface area contributed by atoms with Crippen LogP contribution in [-0.2, 0) is 11.2 Å². The fraction of sp³-hybridized carbons (Fsp3) is 0.391. The van der Waals surface area contributed by atoms with Crippen LogP contribution in [0, 0.1) is 0 Å². The van der Waals surface area contributed by atoms with Gasteiger partial charge < -0.3 is 9.84 Å². The van der Waals surface area contributed by atoms with E-state index in [4.69, 9.17) is 4.74 Å². The number of carboxylic acid groups (broad SMARTS) is 1. The predicted octanol–water partition coefficient (Wildman–Crippen LogP) is 5.83. The van der Waals surface area contributed by atoms with Crippen LogP contribution in [0.4, 0.5) is 0 Å². The number of ether oxygens (including phenoxy) is 1. The zero-order valence-corrected chi connectivity index (χ0v) is 20.1. The van der Waals surface area contributed by atoms with Gasteiger partial charge in [-0.15, -0.1) is 11.3 Å². The highest BCUT2D eigenvalue weighted by Crippen LogP contribution is 2.34. The number of hydrogen-bond donors (Lipinski definition) is 1. The first-order valence-electron chi connectivity index (χ1n) is 10.1. The Kier molecular flexibility index (Phi) is 9.45. The van der Waals surface area contributed by atoms with Crippen molar-refractivity contribution >= 4 is 34.6 Å². The van der Waals surface area contributed by atoms with Gasteiger partial charge in [0.2, 0.25) is 0 Å². The van der Waals surface area contributed by atoms with Gasteiger partial charge in [0.05, 0.1) is 12.3 Å². The van der Waals surface area contributed by atoms with Gasteiger partial charge in [0.1, 0.15) is 4.75 Å². The summed E-state index contributed by atoms with van der Waals surface area (Å²) in [5.41, 5.74) is 4.01. The maximum absolute atomic E-state index is 11.2. The van der Waals surface area contributed by atoms with Crippen molar-refractivity contribution in [2.75, 3.05) is 6.61 Å². The van der Waals surface area contributed by atoms with Gasteiger partial charge in [0.15, 0.2) is 4.34 Å². The van der Waals surface area contributed by atoms with Gasteiger partial charge in [0, 0.05) is 29.8 Å². The lowest BCUT2D eigenvalue weighted by atomic mass is 10.1. The molecular formula is C23H29N3O3S2. The van der Waals surface area contributed by atoms with Crippen LogP contribution in [-0.4, -0.2) is 37.4 Å². The molecule has 31 heavy (non-hydrogen) atoms. The molecule has 2 aromatic heterocycles. The number of thiazole rings is 1. The lowest BCUT2D eigenvalue weighted by molar-refractivity contribution is -0.138. The van der Waals surface area contributed by atoms with E-state index in [-0.39, 0.29) is 0 Å². The molecule has 1 N–H and O–H groups in total. The molecule has 0 aromatic carbocycles. The largest absolute Gasteiger partial charge is 0.480 e. The number of aliphatic carboxylic acids is 1. The zero-order chi connectivity index (χ0) is 22.9. The zero-order valence-electron chi connectivity index (χ0n) is 18.4. The summed E-state index contributed by atoms with van der Waals surface area (Å²) in [6.45, 7) is 11.9. The van der Waals surface area contributed by atoms with Crippen molar-refractivity contribution < 1.29 is 14.6 Å². The fourth-order valence-corrected chi connectivity index (χ4v) is 4.72. The molecule has 6 nitrogen and oxygen atoms in total. The standard InChI is InChI=1S/C23H29N3O3S2/c1-6-8-16(3)9-10-17(7-2)18-13-24-21(25-14-18)29-12-11-19-15-30-22(26-19)31-23(4,5)20(27)28/h7,9-10,13-15H,2,6,8,11-12H2,1,3-5H3,(H,27,28)/b16-9+,17-10+. The lowest BCUT2D eigenvalue weighted by Crippen LogP contribution is -2.26. The number of aromatic nitrogens is 3. The van der Waals surface area contributed by atoms with E-state index < -0.39 is 10.7 Å². The van der Waals surface area contributed by atoms with Crippen molar-refractivity contribution in [3.05, 3.63) is 59.4 Å². The molecule has 0 radical (unpaired) electrons. The van der Waals surface area contributed by atoms with Gasteiger partial charge in [0.25, 0.3) is 0 Å². The topological polar surface area (TPSA) is 85.2 Å². The second-order valence-corrected chi connectivity index (χ2v) is 10.2. The molecule has 0 atom stereocenters. The maximum atomic E-state index is 11.2. The Hall–Kier alpha value is -2.45. The lowest BCUT2D eigenvalue weighted by Gasteiger charge is -2.15. The van der Waals surface area contributed by atoms with E-state index in [9.17, 15) is 9.90 Å². The molecule has 0 amide bonds. The maximum Gasteiger partial charge on any atom is 0.319 e. The molecule has 0 aliphatic rings. The van der Waals surface area contributed by atoms with Crippen molar-refractivity contribution in [1.82, 2.24) is 15.0 Å². The van der Waals surface area contributed by atoms with Crippen molar-refractivity contribution in [2.45, 2.75) is 56.0 Å². The first-order valence-corrected chi connectivity index (χ1v) is 11.8. The Bertz CT molecular complexity index is 947. The molecule has 0 aliphatic heterocycles. The van der Waals surface area contributed by atoms with Gasteiger partial charge in [-0.3, -0.25) is 4.79 Å². The molecule has 0 spiro atoms. The van der Waals surface area contributed by atoms with Crippen LogP contribution in [0.1, 0.15) is 51.8 Å². The number of nitrogens with zero attached hydrogens (tertiary/aromatic N) is 3. The normalized spacial score (nSPS) is 12.6. The summed E-state index contributed by atoms with van der Waals surface area (Å²) in [5.74, 6) is -0.861. The minimum absolute atomic E-state index is 0.307. The Labute approximate surface area is 192 Å². The van der Waals surface area contributed by atoms with Crippen LogP contribution < -0.4 is 4.74 Å². The van der Waals surface area contributed by atoms with Crippen molar-refractivity contribution in [1.29, 1.82) is 0 Å². The summed E-state index contributed by atoms with van der Waals surface area (Å²) in [5, 5.41) is 11.2. The van der Waals surface area contributed by atoms with Gasteiger partial charge in [-0.25, -0.2) is 15.0 Å². The average molecular weight is 460 g/mol. The van der Waals surface area contributed by atoms with E-state index in [1.807, 2.05) is 11.5 Å². The van der Waals surface area contributed by atoms with E-state index in [1.165, 1.54) is 28.7 Å². The molecule has 166 valence electrons. The summed E-state index contributed by atoms with van der Waals surface area (Å²) in [7, 11) is 0. The first-order chi connectivity index (χ1) is 14.7. The van der Waals surface area contributed by atoms with Gasteiger partial charge in [-0.05, 0) is 32.8 Å². The summed E-state index contributed by atoms with van der Waals surface area (Å²) < 4.78 is 5.46. The number of rotatable bonds is 12. The quantitative estimate of drug-likeness (QED) is 0.316. The highest BCUT2D eigenvalue weighted by molar-refractivity contribution is 8.02. The van der Waals surface area contributed by atoms with E-state index >= 15 is 0 Å². The molecule has 0 saturated carbocycles. The molecular weight excluding hydrogens is 430 g/mol. The second-order valence-electron chi connectivity index (χ2n) is 7.46. The highest BCUT2D eigenvalue weighted by atomic mass is 32.2. The molecule has 2 aromatic rings. The van der Waals surface area contributed by atoms with E-state index in [0.29, 0.717) is 19.0 Å². The molecule has 2 rings (SSSR count). The highest BCUT2D eigenvalue weighted by Gasteiger charge is 2.29. The molecule has 0 bridgehead atoms. The van der Waals surface area contributed by atoms with E-state index in [0.717, 1.165) is 34.0 Å². The Morgan fingerprint density at radius 3 is 2.65 bits per heavy atom. The van der Waals surface area contributed by atoms with Crippen LogP contribution in [0.15, 0.2) is 52.5 Å². The smallest absolute Gasteiger partial charge is 0.319 e. The molecule has 8 heteroatoms. The molecule has 0 unspecified atom stereocenters. The van der Waals surface area contributed by atoms with Crippen LogP contribution >= 0.6 is 23.1 Å². The molecule has 0 fully saturated rings. The summed E-state index contributed by atoms with van der Waals surface area (Å²) in [4.78, 5) is 24.3. The molecule has 2 heterocycles. The number of allylic oxidation sites excluding steroid dienone is 5. The Morgan fingerprint density at radius 1 is 1.32 bits per heavy atom. The van der Waals surface area contributed by atoms with Crippen LogP contribution in [0.25, 0.3) is 5.57 Å². The summed E-state index contributed by atoms with van der Waals surface area (Å²) in [6.07, 6.45) is 12.2. The SMILES string of the molecule is C=C/C(=C\C=C(/C)CCC)c1cnc(OCCc2csc(SC(C)(C)C(=O)O)n2)nc1. The summed E-state index contributed by atoms with van der Waals surface area (Å²) in [6, 6.07) is 0.307. The minimum atomic E-state index is -0.912. The Balaban J connectivity index is 1.90. The Morgan fingerprint density at radius 2 is 2.03 bits per heavy atom. The van der Waals surface area contributed by atoms with Gasteiger partial charge >= 0.3 is 12.0 Å². The van der Waals surface area contributed by atoms with Gasteiger partial charge in [-0.1, -0.05) is 55.5 Å². The third kappa shape index (κ3) is 7.95. The van der Waals surface area contributed by atoms with E-state index in [2.05, 4.69) is 41.5 Å². The summed E-state index contributed by atoms with van der Waals surface area (Å²) >= 11 is 2.68. The van der Waals surface area contributed by atoms with Crippen LogP contribution in [0.3, 0.4) is 0 Å². The second kappa shape index (κ2) is 11.8. The monoisotopic (exact) mass is 459 g/mol. The number of carbonyl (C=O) groups is 1. The minimum Gasteiger partial charge on any atom is -0.480 e. The molecule has 0 aliphatic carbocycles. The van der Waals surface area contributed by atoms with Crippen LogP contribution in [0.5, 0.6) is 6.01 Å². The number of thioether (sulfide) groups is 1. The third-order valence-electron chi connectivity index (χ3n) is 4.35. The van der Waals surface area contributed by atoms with Crippen molar-refractivity contribution in [3.8, 4) is 6.01 Å². The van der Waals surface area contributed by atoms with Gasteiger partial charge in [-0.2, -0.15) is 0 Å². The van der Waals surface area contributed by atoms with Crippen LogP contribution in [0.2, 0.25) is 0 Å².